The SMILES string of the molecule is CNCc1cnc(N2Cc3ccccc3C2)c(Cl)c1. The summed E-state index contributed by atoms with van der Waals surface area (Å²) in [6.45, 7) is 2.55. The highest BCUT2D eigenvalue weighted by molar-refractivity contribution is 6.33. The topological polar surface area (TPSA) is 28.2 Å². The van der Waals surface area contributed by atoms with Gasteiger partial charge in [0.25, 0.3) is 0 Å². The molecule has 3 rings (SSSR count). The molecule has 0 saturated heterocycles. The molecule has 2 aromatic rings. The molecule has 2 heterocycles. The summed E-state index contributed by atoms with van der Waals surface area (Å²) in [6, 6.07) is 10.5. The summed E-state index contributed by atoms with van der Waals surface area (Å²) in [5, 5.41) is 3.82. The van der Waals surface area contributed by atoms with Crippen molar-refractivity contribution in [2.75, 3.05) is 11.9 Å². The molecule has 0 fully saturated rings. The maximum atomic E-state index is 6.36. The van der Waals surface area contributed by atoms with Gasteiger partial charge in [0.15, 0.2) is 0 Å². The molecule has 0 amide bonds. The molecule has 0 bridgehead atoms. The fourth-order valence-electron chi connectivity index (χ4n) is 2.49. The van der Waals surface area contributed by atoms with Crippen LogP contribution in [0.1, 0.15) is 16.7 Å². The first kappa shape index (κ1) is 12.5. The van der Waals surface area contributed by atoms with Gasteiger partial charge in [-0.3, -0.25) is 0 Å². The Bertz CT molecular complexity index is 573. The smallest absolute Gasteiger partial charge is 0.147 e. The molecule has 19 heavy (non-hydrogen) atoms. The van der Waals surface area contributed by atoms with Gasteiger partial charge in [0.2, 0.25) is 0 Å². The number of aromatic nitrogens is 1. The minimum absolute atomic E-state index is 0.723. The maximum absolute atomic E-state index is 6.36. The number of rotatable bonds is 3. The van der Waals surface area contributed by atoms with Crippen LogP contribution in [0.3, 0.4) is 0 Å². The number of halogens is 1. The number of anilines is 1. The van der Waals surface area contributed by atoms with Crippen LogP contribution in [0.4, 0.5) is 5.82 Å². The number of nitrogens with one attached hydrogen (secondary N) is 1. The number of pyridine rings is 1. The Labute approximate surface area is 118 Å². The van der Waals surface area contributed by atoms with Gasteiger partial charge in [0, 0.05) is 25.8 Å². The van der Waals surface area contributed by atoms with E-state index < -0.39 is 0 Å². The summed E-state index contributed by atoms with van der Waals surface area (Å²) in [6.07, 6.45) is 1.89. The lowest BCUT2D eigenvalue weighted by molar-refractivity contribution is 0.806. The van der Waals surface area contributed by atoms with Crippen molar-refractivity contribution in [2.45, 2.75) is 19.6 Å². The van der Waals surface area contributed by atoms with Crippen LogP contribution in [-0.2, 0) is 19.6 Å². The van der Waals surface area contributed by atoms with Crippen molar-refractivity contribution in [3.8, 4) is 0 Å². The standard InChI is InChI=1S/C15H16ClN3/c1-17-7-11-6-14(16)15(18-8-11)19-9-12-4-2-3-5-13(12)10-19/h2-6,8,17H,7,9-10H2,1H3. The van der Waals surface area contributed by atoms with Crippen LogP contribution in [-0.4, -0.2) is 12.0 Å². The monoisotopic (exact) mass is 273 g/mol. The number of benzene rings is 1. The highest BCUT2D eigenvalue weighted by Crippen LogP contribution is 2.31. The number of nitrogens with zero attached hydrogens (tertiary/aromatic N) is 2. The van der Waals surface area contributed by atoms with Crippen LogP contribution in [0.2, 0.25) is 5.02 Å². The second kappa shape index (κ2) is 5.19. The Kier molecular flexibility index (Phi) is 3.40. The quantitative estimate of drug-likeness (QED) is 0.932. The second-order valence-electron chi connectivity index (χ2n) is 4.80. The summed E-state index contributed by atoms with van der Waals surface area (Å²) < 4.78 is 0. The van der Waals surface area contributed by atoms with Crippen LogP contribution in [0.15, 0.2) is 36.5 Å². The van der Waals surface area contributed by atoms with Crippen LogP contribution in [0, 0.1) is 0 Å². The molecular weight excluding hydrogens is 258 g/mol. The number of hydrogen-bond acceptors (Lipinski definition) is 3. The highest BCUT2D eigenvalue weighted by atomic mass is 35.5. The summed E-state index contributed by atoms with van der Waals surface area (Å²) in [4.78, 5) is 6.73. The van der Waals surface area contributed by atoms with Gasteiger partial charge in [0.1, 0.15) is 5.82 Å². The van der Waals surface area contributed by atoms with E-state index in [4.69, 9.17) is 11.6 Å². The second-order valence-corrected chi connectivity index (χ2v) is 5.21. The molecule has 0 saturated carbocycles. The lowest BCUT2D eigenvalue weighted by Gasteiger charge is -2.18. The van der Waals surface area contributed by atoms with Crippen molar-refractivity contribution < 1.29 is 0 Å². The van der Waals surface area contributed by atoms with Gasteiger partial charge >= 0.3 is 0 Å². The lowest BCUT2D eigenvalue weighted by Crippen LogP contribution is -2.17. The van der Waals surface area contributed by atoms with Crippen molar-refractivity contribution in [1.82, 2.24) is 10.3 Å². The Balaban J connectivity index is 1.85. The van der Waals surface area contributed by atoms with E-state index in [0.717, 1.165) is 36.0 Å². The Morgan fingerprint density at radius 1 is 1.26 bits per heavy atom. The van der Waals surface area contributed by atoms with E-state index in [2.05, 4.69) is 39.5 Å². The van der Waals surface area contributed by atoms with E-state index in [9.17, 15) is 0 Å². The number of hydrogen-bond donors (Lipinski definition) is 1. The average Bonchev–Trinajstić information content (AvgIpc) is 2.82. The van der Waals surface area contributed by atoms with Crippen molar-refractivity contribution in [3.05, 3.63) is 58.2 Å². The first-order chi connectivity index (χ1) is 9.28. The largest absolute Gasteiger partial charge is 0.347 e. The molecule has 0 radical (unpaired) electrons. The molecule has 1 aromatic carbocycles. The first-order valence-electron chi connectivity index (χ1n) is 6.38. The van der Waals surface area contributed by atoms with Gasteiger partial charge in [-0.1, -0.05) is 35.9 Å². The molecule has 98 valence electrons. The van der Waals surface area contributed by atoms with Crippen LogP contribution in [0.25, 0.3) is 0 Å². The molecule has 0 unspecified atom stereocenters. The summed E-state index contributed by atoms with van der Waals surface area (Å²) in [5.41, 5.74) is 3.83. The van der Waals surface area contributed by atoms with Gasteiger partial charge < -0.3 is 10.2 Å². The molecule has 1 aromatic heterocycles. The zero-order chi connectivity index (χ0) is 13.2. The van der Waals surface area contributed by atoms with E-state index in [1.807, 2.05) is 19.3 Å². The third-order valence-corrected chi connectivity index (χ3v) is 3.68. The molecular formula is C15H16ClN3. The van der Waals surface area contributed by atoms with Gasteiger partial charge in [-0.2, -0.15) is 0 Å². The Hall–Kier alpha value is -1.58. The molecule has 1 aliphatic rings. The summed E-state index contributed by atoms with van der Waals surface area (Å²) >= 11 is 6.36. The Morgan fingerprint density at radius 3 is 2.53 bits per heavy atom. The van der Waals surface area contributed by atoms with E-state index in [-0.39, 0.29) is 0 Å². The highest BCUT2D eigenvalue weighted by Gasteiger charge is 2.21. The van der Waals surface area contributed by atoms with E-state index in [0.29, 0.717) is 0 Å². The van der Waals surface area contributed by atoms with Gasteiger partial charge in [-0.05, 0) is 29.8 Å². The van der Waals surface area contributed by atoms with E-state index in [1.54, 1.807) is 0 Å². The van der Waals surface area contributed by atoms with Crippen LogP contribution in [0.5, 0.6) is 0 Å². The third-order valence-electron chi connectivity index (χ3n) is 3.40. The summed E-state index contributed by atoms with van der Waals surface area (Å²) in [7, 11) is 1.92. The van der Waals surface area contributed by atoms with E-state index >= 15 is 0 Å². The minimum Gasteiger partial charge on any atom is -0.347 e. The van der Waals surface area contributed by atoms with Crippen molar-refractivity contribution >= 4 is 17.4 Å². The predicted molar refractivity (Wildman–Crippen MR) is 78.3 cm³/mol. The summed E-state index contributed by atoms with van der Waals surface area (Å²) in [5.74, 6) is 0.873. The Morgan fingerprint density at radius 2 is 1.95 bits per heavy atom. The molecule has 4 heteroatoms. The molecule has 0 aliphatic carbocycles. The first-order valence-corrected chi connectivity index (χ1v) is 6.76. The van der Waals surface area contributed by atoms with Crippen molar-refractivity contribution in [3.63, 3.8) is 0 Å². The fourth-order valence-corrected chi connectivity index (χ4v) is 2.80. The van der Waals surface area contributed by atoms with E-state index in [1.165, 1.54) is 11.1 Å². The molecule has 0 spiro atoms. The zero-order valence-electron chi connectivity index (χ0n) is 10.9. The maximum Gasteiger partial charge on any atom is 0.147 e. The molecule has 1 N–H and O–H groups in total. The van der Waals surface area contributed by atoms with Gasteiger partial charge in [-0.15, -0.1) is 0 Å². The number of fused-ring (bicyclic) bond motifs is 1. The predicted octanol–water partition coefficient (Wildman–Crippen LogP) is 2.97. The third kappa shape index (κ3) is 2.44. The molecule has 1 aliphatic heterocycles. The van der Waals surface area contributed by atoms with Crippen LogP contribution >= 0.6 is 11.6 Å². The normalized spacial score (nSPS) is 13.7. The fraction of sp³-hybridized carbons (Fsp3) is 0.267. The average molecular weight is 274 g/mol. The molecule has 0 atom stereocenters. The van der Waals surface area contributed by atoms with Gasteiger partial charge in [0.05, 0.1) is 5.02 Å². The minimum atomic E-state index is 0.723. The lowest BCUT2D eigenvalue weighted by atomic mass is 10.1. The zero-order valence-corrected chi connectivity index (χ0v) is 11.6. The van der Waals surface area contributed by atoms with Gasteiger partial charge in [-0.25, -0.2) is 4.98 Å². The van der Waals surface area contributed by atoms with Crippen molar-refractivity contribution in [2.24, 2.45) is 0 Å². The van der Waals surface area contributed by atoms with Crippen LogP contribution < -0.4 is 10.2 Å². The molecule has 3 nitrogen and oxygen atoms in total. The van der Waals surface area contributed by atoms with Crippen molar-refractivity contribution in [1.29, 1.82) is 0 Å².